The van der Waals surface area contributed by atoms with Crippen LogP contribution in [-0.2, 0) is 0 Å². The Hall–Kier alpha value is 0. The van der Waals surface area contributed by atoms with Crippen LogP contribution in [0.2, 0.25) is 0 Å². The third-order valence-corrected chi connectivity index (χ3v) is 3.95. The van der Waals surface area contributed by atoms with E-state index in [1.165, 1.54) is 0 Å². The van der Waals surface area contributed by atoms with Crippen molar-refractivity contribution in [1.29, 1.82) is 0 Å². The number of hydrogen-bond acceptors (Lipinski definition) is 0. The summed E-state index contributed by atoms with van der Waals surface area (Å²) in [5.41, 5.74) is 0. The van der Waals surface area contributed by atoms with Gasteiger partial charge in [0.2, 0.25) is 0 Å². The molecule has 1 aliphatic rings. The fourth-order valence-corrected chi connectivity index (χ4v) is 2.85. The van der Waals surface area contributed by atoms with Crippen LogP contribution in [0.3, 0.4) is 0 Å². The van der Waals surface area contributed by atoms with E-state index in [9.17, 15) is 0 Å². The molecule has 0 N–H and O–H groups in total. The zero-order chi connectivity index (χ0) is 9.46. The van der Waals surface area contributed by atoms with E-state index < -0.39 is 0 Å². The van der Waals surface area contributed by atoms with Gasteiger partial charge < -0.3 is 0 Å². The molecule has 0 nitrogen and oxygen atoms in total. The maximum Gasteiger partial charge on any atom is -0.0324 e. The molecule has 72 valence electrons. The summed E-state index contributed by atoms with van der Waals surface area (Å²) < 4.78 is 0. The Bertz CT molecular complexity index is 136. The molecule has 0 heteroatoms. The first-order valence-corrected chi connectivity index (χ1v) is 5.46. The summed E-state index contributed by atoms with van der Waals surface area (Å²) in [7, 11) is 0. The van der Waals surface area contributed by atoms with Gasteiger partial charge in [-0.15, -0.1) is 0 Å². The van der Waals surface area contributed by atoms with Gasteiger partial charge in [0.25, 0.3) is 0 Å². The van der Waals surface area contributed by atoms with Gasteiger partial charge in [0.15, 0.2) is 0 Å². The van der Waals surface area contributed by atoms with Crippen LogP contribution in [0.5, 0.6) is 0 Å². The van der Waals surface area contributed by atoms with Gasteiger partial charge in [-0.1, -0.05) is 41.5 Å². The zero-order valence-corrected chi connectivity index (χ0v) is 9.46. The molecule has 1 fully saturated rings. The molecule has 4 unspecified atom stereocenters. The van der Waals surface area contributed by atoms with Crippen molar-refractivity contribution in [2.45, 2.75) is 41.5 Å². The molecule has 12 heavy (non-hydrogen) atoms. The zero-order valence-electron chi connectivity index (χ0n) is 9.46. The highest BCUT2D eigenvalue weighted by Crippen LogP contribution is 2.56. The average molecular weight is 168 g/mol. The van der Waals surface area contributed by atoms with Crippen molar-refractivity contribution >= 4 is 0 Å². The van der Waals surface area contributed by atoms with E-state index in [1.807, 2.05) is 0 Å². The molecule has 0 aromatic rings. The monoisotopic (exact) mass is 168 g/mol. The van der Waals surface area contributed by atoms with Crippen LogP contribution in [0.4, 0.5) is 0 Å². The molecule has 0 spiro atoms. The van der Waals surface area contributed by atoms with Gasteiger partial charge in [0, 0.05) is 0 Å². The average Bonchev–Trinajstić information content (AvgIpc) is 2.59. The van der Waals surface area contributed by atoms with E-state index in [4.69, 9.17) is 0 Å². The minimum atomic E-state index is 0.862. The second kappa shape index (κ2) is 3.40. The fraction of sp³-hybridized carbons (Fsp3) is 1.00. The first-order chi connectivity index (χ1) is 5.46. The normalized spacial score (nSPS) is 37.5. The quantitative estimate of drug-likeness (QED) is 0.601. The van der Waals surface area contributed by atoms with Crippen molar-refractivity contribution in [3.63, 3.8) is 0 Å². The van der Waals surface area contributed by atoms with Gasteiger partial charge >= 0.3 is 0 Å². The van der Waals surface area contributed by atoms with E-state index in [-0.39, 0.29) is 0 Å². The lowest BCUT2D eigenvalue weighted by molar-refractivity contribution is 0.332. The molecular weight excluding hydrogens is 144 g/mol. The maximum atomic E-state index is 2.42. The molecule has 1 aliphatic carbocycles. The number of rotatable bonds is 3. The summed E-state index contributed by atoms with van der Waals surface area (Å²) in [5.74, 6) is 5.70. The van der Waals surface area contributed by atoms with E-state index in [2.05, 4.69) is 41.5 Å². The summed E-state index contributed by atoms with van der Waals surface area (Å²) in [6.45, 7) is 14.3. The van der Waals surface area contributed by atoms with Gasteiger partial charge in [0.1, 0.15) is 0 Å². The minimum Gasteiger partial charge on any atom is -0.0625 e. The van der Waals surface area contributed by atoms with E-state index >= 15 is 0 Å². The van der Waals surface area contributed by atoms with Crippen LogP contribution >= 0.6 is 0 Å². The number of hydrogen-bond donors (Lipinski definition) is 0. The Morgan fingerprint density at radius 1 is 0.833 bits per heavy atom. The molecule has 4 atom stereocenters. The van der Waals surface area contributed by atoms with Gasteiger partial charge in [-0.25, -0.2) is 0 Å². The van der Waals surface area contributed by atoms with Gasteiger partial charge in [-0.3, -0.25) is 0 Å². The predicted molar refractivity (Wildman–Crippen MR) is 55.0 cm³/mol. The highest BCUT2D eigenvalue weighted by Gasteiger charge is 2.50. The van der Waals surface area contributed by atoms with Crippen LogP contribution in [0.15, 0.2) is 0 Å². The fourth-order valence-electron chi connectivity index (χ4n) is 2.85. The van der Waals surface area contributed by atoms with Crippen molar-refractivity contribution in [3.05, 3.63) is 0 Å². The Kier molecular flexibility index (Phi) is 2.85. The molecule has 0 saturated heterocycles. The smallest absolute Gasteiger partial charge is 0.0324 e. The van der Waals surface area contributed by atoms with Crippen molar-refractivity contribution in [2.75, 3.05) is 0 Å². The van der Waals surface area contributed by atoms with Crippen LogP contribution in [-0.4, -0.2) is 0 Å². The molecule has 0 aromatic carbocycles. The molecule has 0 radical (unpaired) electrons. The second-order valence-corrected chi connectivity index (χ2v) is 5.36. The van der Waals surface area contributed by atoms with Crippen molar-refractivity contribution in [1.82, 2.24) is 0 Å². The Morgan fingerprint density at radius 3 is 1.58 bits per heavy atom. The molecule has 1 saturated carbocycles. The standard InChI is InChI=1S/C12H24/c1-7(2)9(5)12-10(6)11(12)8(3)4/h7-12H,1-6H3. The van der Waals surface area contributed by atoms with Crippen LogP contribution in [0.1, 0.15) is 41.5 Å². The van der Waals surface area contributed by atoms with Crippen molar-refractivity contribution in [3.8, 4) is 0 Å². The van der Waals surface area contributed by atoms with Crippen molar-refractivity contribution in [2.24, 2.45) is 35.5 Å². The largest absolute Gasteiger partial charge is 0.0625 e. The van der Waals surface area contributed by atoms with Gasteiger partial charge in [-0.2, -0.15) is 0 Å². The van der Waals surface area contributed by atoms with E-state index in [1.54, 1.807) is 0 Å². The van der Waals surface area contributed by atoms with Crippen LogP contribution in [0, 0.1) is 35.5 Å². The molecule has 0 aromatic heterocycles. The predicted octanol–water partition coefficient (Wildman–Crippen LogP) is 3.82. The summed E-state index contributed by atoms with van der Waals surface area (Å²) in [6.07, 6.45) is 0. The van der Waals surface area contributed by atoms with Crippen LogP contribution < -0.4 is 0 Å². The lowest BCUT2D eigenvalue weighted by atomic mass is 9.90. The summed E-state index contributed by atoms with van der Waals surface area (Å²) in [4.78, 5) is 0. The Balaban J connectivity index is 2.47. The topological polar surface area (TPSA) is 0 Å². The highest BCUT2D eigenvalue weighted by molar-refractivity contribution is 4.98. The lowest BCUT2D eigenvalue weighted by Gasteiger charge is -2.16. The Morgan fingerprint density at radius 2 is 1.33 bits per heavy atom. The lowest BCUT2D eigenvalue weighted by Crippen LogP contribution is -2.09. The third kappa shape index (κ3) is 1.67. The van der Waals surface area contributed by atoms with Crippen LogP contribution in [0.25, 0.3) is 0 Å². The van der Waals surface area contributed by atoms with Crippen molar-refractivity contribution < 1.29 is 0 Å². The molecule has 0 bridgehead atoms. The molecule has 0 heterocycles. The molecule has 0 amide bonds. The molecule has 1 rings (SSSR count). The summed E-state index contributed by atoms with van der Waals surface area (Å²) >= 11 is 0. The van der Waals surface area contributed by atoms with Gasteiger partial charge in [0.05, 0.1) is 0 Å². The third-order valence-electron chi connectivity index (χ3n) is 3.95. The molecular formula is C12H24. The highest BCUT2D eigenvalue weighted by atomic mass is 14.6. The summed E-state index contributed by atoms with van der Waals surface area (Å²) in [5, 5.41) is 0. The first-order valence-electron chi connectivity index (χ1n) is 5.46. The molecule has 0 aliphatic heterocycles. The maximum absolute atomic E-state index is 2.42. The van der Waals surface area contributed by atoms with E-state index in [0.717, 1.165) is 35.5 Å². The summed E-state index contributed by atoms with van der Waals surface area (Å²) in [6, 6.07) is 0. The van der Waals surface area contributed by atoms with Gasteiger partial charge in [-0.05, 0) is 35.5 Å². The second-order valence-electron chi connectivity index (χ2n) is 5.36. The van der Waals surface area contributed by atoms with E-state index in [0.29, 0.717) is 0 Å². The Labute approximate surface area is 77.7 Å². The minimum absolute atomic E-state index is 0.862. The first kappa shape index (κ1) is 10.1. The SMILES string of the molecule is CC(C)C(C)C1C(C)C1C(C)C.